The van der Waals surface area contributed by atoms with E-state index in [0.29, 0.717) is 5.92 Å². The number of imidazole rings is 1. The van der Waals surface area contributed by atoms with Crippen molar-refractivity contribution in [2.75, 3.05) is 13.1 Å². The average Bonchev–Trinajstić information content (AvgIpc) is 3.06. The summed E-state index contributed by atoms with van der Waals surface area (Å²) in [5.41, 5.74) is 7.20. The molecule has 0 spiro atoms. The molecule has 0 bridgehead atoms. The summed E-state index contributed by atoms with van der Waals surface area (Å²) in [6, 6.07) is -0.282. The highest BCUT2D eigenvalue weighted by atomic mass is 16.2. The van der Waals surface area contributed by atoms with Gasteiger partial charge in [0.05, 0.1) is 12.0 Å². The van der Waals surface area contributed by atoms with Gasteiger partial charge < -0.3 is 15.2 Å². The predicted octanol–water partition coefficient (Wildman–Crippen LogP) is 2.11. The van der Waals surface area contributed by atoms with Crippen molar-refractivity contribution in [3.8, 4) is 0 Å². The summed E-state index contributed by atoms with van der Waals surface area (Å²) in [6.07, 6.45) is 6.65. The third-order valence-electron chi connectivity index (χ3n) is 3.99. The highest BCUT2D eigenvalue weighted by Gasteiger charge is 2.26. The van der Waals surface area contributed by atoms with Crippen LogP contribution in [0.4, 0.5) is 0 Å². The second-order valence-corrected chi connectivity index (χ2v) is 6.17. The maximum absolute atomic E-state index is 12.5. The van der Waals surface area contributed by atoms with E-state index in [1.54, 1.807) is 12.5 Å². The number of nitrogens with zero attached hydrogens (tertiary/aromatic N) is 3. The van der Waals surface area contributed by atoms with E-state index >= 15 is 0 Å². The highest BCUT2D eigenvalue weighted by Crippen LogP contribution is 2.23. The van der Waals surface area contributed by atoms with E-state index in [-0.39, 0.29) is 18.0 Å². The third kappa shape index (κ3) is 3.20. The van der Waals surface area contributed by atoms with Crippen LogP contribution in [0.1, 0.15) is 57.8 Å². The van der Waals surface area contributed by atoms with Crippen molar-refractivity contribution in [3.05, 3.63) is 18.2 Å². The zero-order chi connectivity index (χ0) is 14.7. The molecule has 0 aliphatic carbocycles. The van der Waals surface area contributed by atoms with Gasteiger partial charge in [-0.15, -0.1) is 0 Å². The molecule has 1 fully saturated rings. The summed E-state index contributed by atoms with van der Waals surface area (Å²) >= 11 is 0. The quantitative estimate of drug-likeness (QED) is 0.897. The van der Waals surface area contributed by atoms with E-state index in [1.165, 1.54) is 0 Å². The monoisotopic (exact) mass is 278 g/mol. The van der Waals surface area contributed by atoms with Gasteiger partial charge in [-0.2, -0.15) is 0 Å². The van der Waals surface area contributed by atoms with Gasteiger partial charge >= 0.3 is 0 Å². The van der Waals surface area contributed by atoms with Crippen molar-refractivity contribution >= 4 is 5.91 Å². The zero-order valence-electron chi connectivity index (χ0n) is 12.7. The summed E-state index contributed by atoms with van der Waals surface area (Å²) in [5, 5.41) is 0. The Balaban J connectivity index is 2.12. The molecule has 0 radical (unpaired) electrons. The van der Waals surface area contributed by atoms with Gasteiger partial charge in [-0.1, -0.05) is 13.8 Å². The van der Waals surface area contributed by atoms with Crippen LogP contribution in [-0.4, -0.2) is 33.4 Å². The molecule has 2 rings (SSSR count). The Labute approximate surface area is 121 Å². The molecule has 1 amide bonds. The smallest absolute Gasteiger partial charge is 0.245 e. The summed E-state index contributed by atoms with van der Waals surface area (Å²) in [4.78, 5) is 18.6. The van der Waals surface area contributed by atoms with Gasteiger partial charge in [0.1, 0.15) is 6.04 Å². The first kappa shape index (κ1) is 15.0. The molecule has 1 saturated heterocycles. The Morgan fingerprint density at radius 2 is 2.00 bits per heavy atom. The highest BCUT2D eigenvalue weighted by molar-refractivity contribution is 5.80. The minimum atomic E-state index is -0.219. The molecule has 1 aliphatic rings. The Hall–Kier alpha value is -1.36. The lowest BCUT2D eigenvalue weighted by Crippen LogP contribution is -2.35. The molecule has 5 heteroatoms. The van der Waals surface area contributed by atoms with Crippen LogP contribution in [0, 0.1) is 5.92 Å². The van der Waals surface area contributed by atoms with Crippen LogP contribution >= 0.6 is 0 Å². The molecule has 1 aromatic heterocycles. The molecule has 0 aromatic carbocycles. The van der Waals surface area contributed by atoms with Crippen molar-refractivity contribution in [3.63, 3.8) is 0 Å². The lowest BCUT2D eigenvalue weighted by atomic mass is 10.0. The minimum Gasteiger partial charge on any atom is -0.341 e. The van der Waals surface area contributed by atoms with Crippen LogP contribution in [0.5, 0.6) is 0 Å². The molecule has 20 heavy (non-hydrogen) atoms. The van der Waals surface area contributed by atoms with Gasteiger partial charge in [0.2, 0.25) is 5.91 Å². The van der Waals surface area contributed by atoms with Crippen LogP contribution in [0.15, 0.2) is 12.5 Å². The predicted molar refractivity (Wildman–Crippen MR) is 79.1 cm³/mol. The number of amides is 1. The van der Waals surface area contributed by atoms with E-state index < -0.39 is 0 Å². The third-order valence-corrected chi connectivity index (χ3v) is 3.99. The molecule has 2 N–H and O–H groups in total. The van der Waals surface area contributed by atoms with Crippen molar-refractivity contribution in [1.29, 1.82) is 0 Å². The maximum Gasteiger partial charge on any atom is 0.245 e. The van der Waals surface area contributed by atoms with Crippen molar-refractivity contribution < 1.29 is 4.79 Å². The second-order valence-electron chi connectivity index (χ2n) is 6.17. The largest absolute Gasteiger partial charge is 0.341 e. The number of carbonyl (C=O) groups is 1. The van der Waals surface area contributed by atoms with Crippen LogP contribution in [0.3, 0.4) is 0 Å². The fraction of sp³-hybridized carbons (Fsp3) is 0.733. The van der Waals surface area contributed by atoms with E-state index in [0.717, 1.165) is 38.0 Å². The summed E-state index contributed by atoms with van der Waals surface area (Å²) in [6.45, 7) is 8.00. The molecule has 1 aliphatic heterocycles. The van der Waals surface area contributed by atoms with E-state index in [1.807, 2.05) is 16.4 Å². The van der Waals surface area contributed by atoms with Crippen molar-refractivity contribution in [2.24, 2.45) is 11.7 Å². The Kier molecular flexibility index (Phi) is 4.81. The molecule has 1 aromatic rings. The summed E-state index contributed by atoms with van der Waals surface area (Å²) in [5.74, 6) is 0.705. The maximum atomic E-state index is 12.5. The first-order chi connectivity index (χ1) is 9.50. The van der Waals surface area contributed by atoms with Crippen molar-refractivity contribution in [2.45, 2.75) is 52.1 Å². The Morgan fingerprint density at radius 1 is 1.35 bits per heavy atom. The number of hydrogen-bond acceptors (Lipinski definition) is 3. The van der Waals surface area contributed by atoms with E-state index in [2.05, 4.69) is 18.8 Å². The Bertz CT molecular complexity index is 448. The van der Waals surface area contributed by atoms with Crippen molar-refractivity contribution in [1.82, 2.24) is 14.5 Å². The molecule has 2 heterocycles. The van der Waals surface area contributed by atoms with Crippen LogP contribution < -0.4 is 5.73 Å². The van der Waals surface area contributed by atoms with E-state index in [4.69, 9.17) is 5.73 Å². The standard InChI is InChI=1S/C15H26N4O/c1-11(2)8-13(16)14-9-17-10-19(14)12(3)15(20)18-6-4-5-7-18/h9-13H,4-8,16H2,1-3H3. The molecular formula is C15H26N4O. The molecule has 2 atom stereocenters. The minimum absolute atomic E-state index is 0.0636. The normalized spacial score (nSPS) is 18.6. The van der Waals surface area contributed by atoms with Gasteiger partial charge in [-0.05, 0) is 32.1 Å². The molecule has 0 saturated carbocycles. The topological polar surface area (TPSA) is 64.1 Å². The van der Waals surface area contributed by atoms with Crippen LogP contribution in [0.2, 0.25) is 0 Å². The first-order valence-corrected chi connectivity index (χ1v) is 7.56. The lowest BCUT2D eigenvalue weighted by molar-refractivity contribution is -0.133. The molecule has 5 nitrogen and oxygen atoms in total. The fourth-order valence-electron chi connectivity index (χ4n) is 2.88. The number of aromatic nitrogens is 2. The van der Waals surface area contributed by atoms with Gasteiger partial charge in [0.25, 0.3) is 0 Å². The Morgan fingerprint density at radius 3 is 2.60 bits per heavy atom. The molecule has 112 valence electrons. The molecule has 2 unspecified atom stereocenters. The van der Waals surface area contributed by atoms with E-state index in [9.17, 15) is 4.79 Å². The second kappa shape index (κ2) is 6.39. The number of carbonyl (C=O) groups excluding carboxylic acids is 1. The number of hydrogen-bond donors (Lipinski definition) is 1. The number of likely N-dealkylation sites (tertiary alicyclic amines) is 1. The van der Waals surface area contributed by atoms with Gasteiger partial charge in [0.15, 0.2) is 0 Å². The zero-order valence-corrected chi connectivity index (χ0v) is 12.7. The number of nitrogens with two attached hydrogens (primary N) is 1. The lowest BCUT2D eigenvalue weighted by Gasteiger charge is -2.24. The van der Waals surface area contributed by atoms with Crippen LogP contribution in [0.25, 0.3) is 0 Å². The average molecular weight is 278 g/mol. The summed E-state index contributed by atoms with van der Waals surface area (Å²) in [7, 11) is 0. The van der Waals surface area contributed by atoms with Gasteiger partial charge in [-0.25, -0.2) is 4.98 Å². The first-order valence-electron chi connectivity index (χ1n) is 7.56. The number of rotatable bonds is 5. The summed E-state index contributed by atoms with van der Waals surface area (Å²) < 4.78 is 1.94. The van der Waals surface area contributed by atoms with Gasteiger partial charge in [0, 0.05) is 25.3 Å². The molecular weight excluding hydrogens is 252 g/mol. The fourth-order valence-corrected chi connectivity index (χ4v) is 2.88. The SMILES string of the molecule is CC(C)CC(N)c1cncn1C(C)C(=O)N1CCCC1. The van der Waals surface area contributed by atoms with Gasteiger partial charge in [-0.3, -0.25) is 4.79 Å². The van der Waals surface area contributed by atoms with Crippen LogP contribution in [-0.2, 0) is 4.79 Å².